The first-order valence-electron chi connectivity index (χ1n) is 8.16. The second-order valence-electron chi connectivity index (χ2n) is 5.67. The van der Waals surface area contributed by atoms with Crippen LogP contribution in [0.15, 0.2) is 45.6 Å². The third-order valence-corrected chi connectivity index (χ3v) is 4.55. The standard InChI is InChI=1S/C17H16N6O4S/c1-18-13(24)6-11-9-28-16(21-11)22-14(25)12-7-20-17(27)23(15(12)26)8-10-4-2-3-5-19-10/h2-5,7,9H,6,8H2,1H3,(H,18,24)(H,20,27)(H,21,22,25). The van der Waals surface area contributed by atoms with E-state index in [0.29, 0.717) is 11.4 Å². The van der Waals surface area contributed by atoms with Crippen LogP contribution in [0.1, 0.15) is 21.7 Å². The van der Waals surface area contributed by atoms with Crippen molar-refractivity contribution >= 4 is 28.3 Å². The summed E-state index contributed by atoms with van der Waals surface area (Å²) >= 11 is 1.13. The molecule has 0 unspecified atom stereocenters. The van der Waals surface area contributed by atoms with E-state index in [1.165, 1.54) is 7.05 Å². The van der Waals surface area contributed by atoms with Gasteiger partial charge < -0.3 is 10.3 Å². The summed E-state index contributed by atoms with van der Waals surface area (Å²) in [4.78, 5) is 59.1. The van der Waals surface area contributed by atoms with Gasteiger partial charge in [0.15, 0.2) is 5.13 Å². The predicted molar refractivity (Wildman–Crippen MR) is 102 cm³/mol. The van der Waals surface area contributed by atoms with E-state index in [-0.39, 0.29) is 29.6 Å². The Balaban J connectivity index is 1.81. The molecule has 0 saturated heterocycles. The van der Waals surface area contributed by atoms with Crippen LogP contribution in [-0.2, 0) is 17.8 Å². The smallest absolute Gasteiger partial charge is 0.328 e. The number of hydrogen-bond acceptors (Lipinski definition) is 7. The Labute approximate surface area is 162 Å². The molecule has 0 aromatic carbocycles. The molecule has 0 aliphatic rings. The Morgan fingerprint density at radius 2 is 2.07 bits per heavy atom. The largest absolute Gasteiger partial charge is 0.359 e. The van der Waals surface area contributed by atoms with Crippen LogP contribution in [0.25, 0.3) is 0 Å². The quantitative estimate of drug-likeness (QED) is 0.531. The summed E-state index contributed by atoms with van der Waals surface area (Å²) in [5.74, 6) is -0.918. The van der Waals surface area contributed by atoms with Gasteiger partial charge >= 0.3 is 5.69 Å². The lowest BCUT2D eigenvalue weighted by atomic mass is 10.3. The number of H-pyrrole nitrogens is 1. The summed E-state index contributed by atoms with van der Waals surface area (Å²) in [6.45, 7) is -0.0658. The van der Waals surface area contributed by atoms with Gasteiger partial charge in [-0.25, -0.2) is 9.78 Å². The molecule has 0 aliphatic heterocycles. The van der Waals surface area contributed by atoms with Crippen LogP contribution < -0.4 is 21.9 Å². The lowest BCUT2D eigenvalue weighted by Crippen LogP contribution is -2.39. The number of aromatic amines is 1. The minimum atomic E-state index is -0.742. The summed E-state index contributed by atoms with van der Waals surface area (Å²) in [7, 11) is 1.52. The molecule has 0 saturated carbocycles. The summed E-state index contributed by atoms with van der Waals surface area (Å²) in [5, 5.41) is 6.87. The maximum atomic E-state index is 12.6. The van der Waals surface area contributed by atoms with E-state index in [2.05, 4.69) is 25.6 Å². The van der Waals surface area contributed by atoms with Crippen LogP contribution in [0.4, 0.5) is 5.13 Å². The Hall–Kier alpha value is -3.60. The van der Waals surface area contributed by atoms with Crippen LogP contribution in [-0.4, -0.2) is 38.4 Å². The molecule has 0 aliphatic carbocycles. The average Bonchev–Trinajstić information content (AvgIpc) is 3.12. The molecule has 3 aromatic heterocycles. The molecule has 3 aromatic rings. The van der Waals surface area contributed by atoms with Gasteiger partial charge in [-0.3, -0.25) is 29.3 Å². The summed E-state index contributed by atoms with van der Waals surface area (Å²) in [6, 6.07) is 5.12. The van der Waals surface area contributed by atoms with Crippen LogP contribution in [0.2, 0.25) is 0 Å². The first kappa shape index (κ1) is 19.2. The molecule has 3 N–H and O–H groups in total. The third-order valence-electron chi connectivity index (χ3n) is 3.74. The molecule has 0 radical (unpaired) electrons. The van der Waals surface area contributed by atoms with Crippen molar-refractivity contribution in [1.29, 1.82) is 0 Å². The van der Waals surface area contributed by atoms with E-state index < -0.39 is 17.2 Å². The number of carbonyl (C=O) groups is 2. The van der Waals surface area contributed by atoms with E-state index >= 15 is 0 Å². The summed E-state index contributed by atoms with van der Waals surface area (Å²) in [5.41, 5.74) is -0.623. The molecular formula is C17H16N6O4S. The highest BCUT2D eigenvalue weighted by Crippen LogP contribution is 2.16. The number of rotatable bonds is 6. The molecule has 0 spiro atoms. The van der Waals surface area contributed by atoms with Crippen molar-refractivity contribution in [1.82, 2.24) is 24.8 Å². The Kier molecular flexibility index (Phi) is 5.75. The molecule has 10 nitrogen and oxygen atoms in total. The molecule has 144 valence electrons. The molecule has 3 rings (SSSR count). The first-order chi connectivity index (χ1) is 13.5. The molecule has 0 bridgehead atoms. The van der Waals surface area contributed by atoms with Crippen LogP contribution in [0, 0.1) is 0 Å². The average molecular weight is 400 g/mol. The van der Waals surface area contributed by atoms with Crippen LogP contribution >= 0.6 is 11.3 Å². The lowest BCUT2D eigenvalue weighted by Gasteiger charge is -2.06. The van der Waals surface area contributed by atoms with Crippen molar-refractivity contribution in [2.24, 2.45) is 0 Å². The molecule has 11 heteroatoms. The molecule has 0 fully saturated rings. The van der Waals surface area contributed by atoms with Crippen molar-refractivity contribution in [3.05, 3.63) is 73.8 Å². The monoisotopic (exact) mass is 400 g/mol. The topological polar surface area (TPSA) is 139 Å². The normalized spacial score (nSPS) is 10.5. The number of anilines is 1. The van der Waals surface area contributed by atoms with Crippen molar-refractivity contribution < 1.29 is 9.59 Å². The number of carbonyl (C=O) groups excluding carboxylic acids is 2. The second-order valence-corrected chi connectivity index (χ2v) is 6.53. The van der Waals surface area contributed by atoms with Crippen molar-refractivity contribution in [2.75, 3.05) is 12.4 Å². The molecular weight excluding hydrogens is 384 g/mol. The lowest BCUT2D eigenvalue weighted by molar-refractivity contribution is -0.120. The number of amides is 2. The number of nitrogens with one attached hydrogen (secondary N) is 3. The summed E-state index contributed by atoms with van der Waals surface area (Å²) < 4.78 is 0.899. The van der Waals surface area contributed by atoms with Gasteiger partial charge in [-0.05, 0) is 12.1 Å². The summed E-state index contributed by atoms with van der Waals surface area (Å²) in [6.07, 6.45) is 2.69. The minimum absolute atomic E-state index is 0.0658. The van der Waals surface area contributed by atoms with Gasteiger partial charge in [-0.1, -0.05) is 6.07 Å². The maximum Gasteiger partial charge on any atom is 0.328 e. The van der Waals surface area contributed by atoms with Gasteiger partial charge in [-0.15, -0.1) is 11.3 Å². The number of aromatic nitrogens is 4. The third kappa shape index (κ3) is 4.38. The van der Waals surface area contributed by atoms with E-state index in [1.54, 1.807) is 29.8 Å². The zero-order valence-electron chi connectivity index (χ0n) is 14.8. The first-order valence-corrected chi connectivity index (χ1v) is 9.04. The number of hydrogen-bond donors (Lipinski definition) is 3. The highest BCUT2D eigenvalue weighted by atomic mass is 32.1. The van der Waals surface area contributed by atoms with E-state index in [9.17, 15) is 19.2 Å². The van der Waals surface area contributed by atoms with Gasteiger partial charge in [0.05, 0.1) is 24.4 Å². The highest BCUT2D eigenvalue weighted by molar-refractivity contribution is 7.14. The minimum Gasteiger partial charge on any atom is -0.359 e. The predicted octanol–water partition coefficient (Wildman–Crippen LogP) is -0.0228. The van der Waals surface area contributed by atoms with Gasteiger partial charge in [0, 0.05) is 24.8 Å². The van der Waals surface area contributed by atoms with Crippen LogP contribution in [0.3, 0.4) is 0 Å². The number of pyridine rings is 1. The maximum absolute atomic E-state index is 12.6. The zero-order chi connectivity index (χ0) is 20.1. The highest BCUT2D eigenvalue weighted by Gasteiger charge is 2.17. The van der Waals surface area contributed by atoms with Gasteiger partial charge in [0.1, 0.15) is 5.56 Å². The van der Waals surface area contributed by atoms with Crippen molar-refractivity contribution in [2.45, 2.75) is 13.0 Å². The fourth-order valence-corrected chi connectivity index (χ4v) is 3.04. The number of likely N-dealkylation sites (N-methyl/N-ethyl adjacent to an activating group) is 1. The van der Waals surface area contributed by atoms with E-state index in [1.807, 2.05) is 0 Å². The van der Waals surface area contributed by atoms with Gasteiger partial charge in [0.25, 0.3) is 11.5 Å². The fourth-order valence-electron chi connectivity index (χ4n) is 2.33. The second kappa shape index (κ2) is 8.39. The Bertz CT molecular complexity index is 1120. The Morgan fingerprint density at radius 1 is 1.25 bits per heavy atom. The molecule has 2 amide bonds. The molecule has 3 heterocycles. The fraction of sp³-hybridized carbons (Fsp3) is 0.176. The van der Waals surface area contributed by atoms with Crippen molar-refractivity contribution in [3.8, 4) is 0 Å². The van der Waals surface area contributed by atoms with E-state index in [0.717, 1.165) is 22.1 Å². The Morgan fingerprint density at radius 3 is 2.79 bits per heavy atom. The van der Waals surface area contributed by atoms with Gasteiger partial charge in [-0.2, -0.15) is 0 Å². The zero-order valence-corrected chi connectivity index (χ0v) is 15.6. The van der Waals surface area contributed by atoms with Crippen LogP contribution in [0.5, 0.6) is 0 Å². The van der Waals surface area contributed by atoms with Gasteiger partial charge in [0.2, 0.25) is 5.91 Å². The van der Waals surface area contributed by atoms with E-state index in [4.69, 9.17) is 0 Å². The number of thiazole rings is 1. The van der Waals surface area contributed by atoms with Crippen molar-refractivity contribution in [3.63, 3.8) is 0 Å². The molecule has 0 atom stereocenters. The number of nitrogens with zero attached hydrogens (tertiary/aromatic N) is 3. The SMILES string of the molecule is CNC(=O)Cc1csc(NC(=O)c2c[nH]c(=O)n(Cc3ccccn3)c2=O)n1. The molecule has 28 heavy (non-hydrogen) atoms.